The second-order valence-corrected chi connectivity index (χ2v) is 3.09. The van der Waals surface area contributed by atoms with Crippen molar-refractivity contribution in [2.45, 2.75) is 26.2 Å². The van der Waals surface area contributed by atoms with Gasteiger partial charge in [0.25, 0.3) is 0 Å². The zero-order valence-electron chi connectivity index (χ0n) is 6.18. The fourth-order valence-corrected chi connectivity index (χ4v) is 1.37. The lowest BCUT2D eigenvalue weighted by Gasteiger charge is -2.18. The Morgan fingerprint density at radius 3 is 2.60 bits per heavy atom. The van der Waals surface area contributed by atoms with E-state index in [9.17, 15) is 4.79 Å². The molecule has 0 radical (unpaired) electrons. The number of aliphatic carboxylic acids is 1. The Morgan fingerprint density at radius 2 is 2.40 bits per heavy atom. The van der Waals surface area contributed by atoms with Crippen molar-refractivity contribution >= 4 is 5.97 Å². The summed E-state index contributed by atoms with van der Waals surface area (Å²) in [6, 6.07) is 0. The van der Waals surface area contributed by atoms with E-state index >= 15 is 0 Å². The average Bonchev–Trinajstić information content (AvgIpc) is 2.15. The van der Waals surface area contributed by atoms with Gasteiger partial charge in [-0.05, 0) is 26.2 Å². The minimum atomic E-state index is -0.727. The molecule has 1 N–H and O–H groups in total. The first-order valence-electron chi connectivity index (χ1n) is 3.49. The summed E-state index contributed by atoms with van der Waals surface area (Å²) in [5, 5.41) is 8.78. The monoisotopic (exact) mass is 140 g/mol. The van der Waals surface area contributed by atoms with Crippen molar-refractivity contribution in [3.8, 4) is 0 Å². The van der Waals surface area contributed by atoms with Gasteiger partial charge in [0.15, 0.2) is 0 Å². The molecule has 0 aliphatic heterocycles. The lowest BCUT2D eigenvalue weighted by atomic mass is 9.86. The molecular weight excluding hydrogens is 128 g/mol. The molecule has 0 aromatic carbocycles. The van der Waals surface area contributed by atoms with Crippen LogP contribution in [-0.4, -0.2) is 11.1 Å². The van der Waals surface area contributed by atoms with Crippen molar-refractivity contribution in [1.29, 1.82) is 0 Å². The number of hydrogen-bond acceptors (Lipinski definition) is 1. The van der Waals surface area contributed by atoms with E-state index < -0.39 is 11.4 Å². The molecule has 10 heavy (non-hydrogen) atoms. The predicted molar refractivity (Wildman–Crippen MR) is 38.7 cm³/mol. The molecule has 0 saturated heterocycles. The molecule has 1 aliphatic rings. The molecule has 1 atom stereocenters. The molecule has 1 unspecified atom stereocenters. The summed E-state index contributed by atoms with van der Waals surface area (Å²) < 4.78 is 0. The molecule has 0 spiro atoms. The molecule has 0 amide bonds. The standard InChI is InChI=1S/C8H12O2/c1-6-4-3-5-8(6,2)7(9)10/h1,3-5H2,2H3,(H,9,10). The van der Waals surface area contributed by atoms with Crippen LogP contribution in [0.1, 0.15) is 26.2 Å². The molecule has 1 saturated carbocycles. The van der Waals surface area contributed by atoms with Crippen LogP contribution < -0.4 is 0 Å². The van der Waals surface area contributed by atoms with Gasteiger partial charge in [0.1, 0.15) is 0 Å². The molecule has 1 aliphatic carbocycles. The second-order valence-electron chi connectivity index (χ2n) is 3.09. The Balaban J connectivity index is 2.86. The number of hydrogen-bond donors (Lipinski definition) is 1. The fourth-order valence-electron chi connectivity index (χ4n) is 1.37. The summed E-state index contributed by atoms with van der Waals surface area (Å²) >= 11 is 0. The van der Waals surface area contributed by atoms with Crippen molar-refractivity contribution in [2.24, 2.45) is 5.41 Å². The Labute approximate surface area is 60.6 Å². The van der Waals surface area contributed by atoms with Gasteiger partial charge in [-0.15, -0.1) is 0 Å². The van der Waals surface area contributed by atoms with E-state index in [1.807, 2.05) is 0 Å². The summed E-state index contributed by atoms with van der Waals surface area (Å²) in [5.74, 6) is -0.727. The van der Waals surface area contributed by atoms with E-state index in [4.69, 9.17) is 5.11 Å². The maximum atomic E-state index is 10.7. The van der Waals surface area contributed by atoms with Crippen molar-refractivity contribution in [2.75, 3.05) is 0 Å². The summed E-state index contributed by atoms with van der Waals surface area (Å²) in [5.41, 5.74) is 0.250. The first kappa shape index (κ1) is 7.32. The number of carboxylic acids is 1. The maximum Gasteiger partial charge on any atom is 0.313 e. The topological polar surface area (TPSA) is 37.3 Å². The first-order valence-corrected chi connectivity index (χ1v) is 3.49. The van der Waals surface area contributed by atoms with Gasteiger partial charge in [-0.25, -0.2) is 0 Å². The molecule has 1 rings (SSSR count). The van der Waals surface area contributed by atoms with E-state index in [-0.39, 0.29) is 0 Å². The van der Waals surface area contributed by atoms with E-state index in [1.54, 1.807) is 6.92 Å². The summed E-state index contributed by atoms with van der Waals surface area (Å²) in [6.45, 7) is 5.50. The highest BCUT2D eigenvalue weighted by molar-refractivity contribution is 5.78. The Morgan fingerprint density at radius 1 is 1.80 bits per heavy atom. The predicted octanol–water partition coefficient (Wildman–Crippen LogP) is 1.82. The maximum absolute atomic E-state index is 10.7. The molecule has 0 aromatic heterocycles. The van der Waals surface area contributed by atoms with Crippen LogP contribution >= 0.6 is 0 Å². The van der Waals surface area contributed by atoms with Crippen molar-refractivity contribution < 1.29 is 9.90 Å². The van der Waals surface area contributed by atoms with Gasteiger partial charge in [0.05, 0.1) is 5.41 Å². The zero-order valence-corrected chi connectivity index (χ0v) is 6.18. The van der Waals surface area contributed by atoms with Gasteiger partial charge in [-0.1, -0.05) is 12.2 Å². The third-order valence-electron chi connectivity index (χ3n) is 2.41. The third kappa shape index (κ3) is 0.838. The Hall–Kier alpha value is -0.790. The average molecular weight is 140 g/mol. The molecule has 0 heterocycles. The van der Waals surface area contributed by atoms with Gasteiger partial charge in [0, 0.05) is 0 Å². The van der Waals surface area contributed by atoms with Crippen LogP contribution in [-0.2, 0) is 4.79 Å². The molecule has 56 valence electrons. The van der Waals surface area contributed by atoms with E-state index in [2.05, 4.69) is 6.58 Å². The molecule has 2 nitrogen and oxygen atoms in total. The molecule has 0 bridgehead atoms. The first-order chi connectivity index (χ1) is 4.57. The van der Waals surface area contributed by atoms with Crippen molar-refractivity contribution in [1.82, 2.24) is 0 Å². The summed E-state index contributed by atoms with van der Waals surface area (Å²) in [6.07, 6.45) is 2.60. The highest BCUT2D eigenvalue weighted by Gasteiger charge is 2.39. The Kier molecular flexibility index (Phi) is 1.55. The lowest BCUT2D eigenvalue weighted by Crippen LogP contribution is -2.24. The van der Waals surface area contributed by atoms with Gasteiger partial charge < -0.3 is 5.11 Å². The van der Waals surface area contributed by atoms with Crippen LogP contribution in [0.4, 0.5) is 0 Å². The normalized spacial score (nSPS) is 32.7. The van der Waals surface area contributed by atoms with Gasteiger partial charge in [-0.3, -0.25) is 4.79 Å². The molecular formula is C8H12O2. The van der Waals surface area contributed by atoms with Gasteiger partial charge in [-0.2, -0.15) is 0 Å². The molecule has 2 heteroatoms. The van der Waals surface area contributed by atoms with Crippen LogP contribution in [0.2, 0.25) is 0 Å². The van der Waals surface area contributed by atoms with Crippen LogP contribution in [0.5, 0.6) is 0 Å². The minimum absolute atomic E-state index is 0.625. The van der Waals surface area contributed by atoms with Crippen molar-refractivity contribution in [3.63, 3.8) is 0 Å². The van der Waals surface area contributed by atoms with Crippen LogP contribution in [0.3, 0.4) is 0 Å². The molecule has 0 aromatic rings. The van der Waals surface area contributed by atoms with Gasteiger partial charge >= 0.3 is 5.97 Å². The van der Waals surface area contributed by atoms with Crippen LogP contribution in [0, 0.1) is 5.41 Å². The van der Waals surface area contributed by atoms with Crippen LogP contribution in [0.25, 0.3) is 0 Å². The molecule has 1 fully saturated rings. The fraction of sp³-hybridized carbons (Fsp3) is 0.625. The van der Waals surface area contributed by atoms with E-state index in [0.717, 1.165) is 24.8 Å². The third-order valence-corrected chi connectivity index (χ3v) is 2.41. The number of carbonyl (C=O) groups is 1. The second kappa shape index (κ2) is 2.11. The summed E-state index contributed by atoms with van der Waals surface area (Å²) in [4.78, 5) is 10.7. The largest absolute Gasteiger partial charge is 0.481 e. The smallest absolute Gasteiger partial charge is 0.313 e. The van der Waals surface area contributed by atoms with Crippen LogP contribution in [0.15, 0.2) is 12.2 Å². The lowest BCUT2D eigenvalue weighted by molar-refractivity contribution is -0.145. The Bertz CT molecular complexity index is 184. The number of rotatable bonds is 1. The van der Waals surface area contributed by atoms with Gasteiger partial charge in [0.2, 0.25) is 0 Å². The van der Waals surface area contributed by atoms with E-state index in [0.29, 0.717) is 0 Å². The summed E-state index contributed by atoms with van der Waals surface area (Å²) in [7, 11) is 0. The highest BCUT2D eigenvalue weighted by atomic mass is 16.4. The van der Waals surface area contributed by atoms with E-state index in [1.165, 1.54) is 0 Å². The quantitative estimate of drug-likeness (QED) is 0.564. The SMILES string of the molecule is C=C1CCCC1(C)C(=O)O. The number of carboxylic acid groups (broad SMARTS) is 1. The highest BCUT2D eigenvalue weighted by Crippen LogP contribution is 2.41. The van der Waals surface area contributed by atoms with Crippen molar-refractivity contribution in [3.05, 3.63) is 12.2 Å². The zero-order chi connectivity index (χ0) is 7.78. The minimum Gasteiger partial charge on any atom is -0.481 e.